The summed E-state index contributed by atoms with van der Waals surface area (Å²) in [6.45, 7) is 6.13. The van der Waals surface area contributed by atoms with E-state index in [-0.39, 0.29) is 23.7 Å². The molecule has 29 heavy (non-hydrogen) atoms. The summed E-state index contributed by atoms with van der Waals surface area (Å²) in [5, 5.41) is 0.428. The number of benzene rings is 2. The molecule has 0 saturated carbocycles. The van der Waals surface area contributed by atoms with Gasteiger partial charge in [-0.05, 0) is 43.7 Å². The van der Waals surface area contributed by atoms with E-state index in [1.165, 1.54) is 0 Å². The molecule has 1 heterocycles. The Hall–Kier alpha value is -2.53. The van der Waals surface area contributed by atoms with Crippen LogP contribution in [-0.4, -0.2) is 54.9 Å². The lowest BCUT2D eigenvalue weighted by atomic mass is 9.88. The molecule has 1 aliphatic rings. The zero-order valence-corrected chi connectivity index (χ0v) is 17.9. The lowest BCUT2D eigenvalue weighted by Crippen LogP contribution is -2.39. The number of rotatable bonds is 6. The molecule has 0 unspecified atom stereocenters. The smallest absolute Gasteiger partial charge is 0.255 e. The fourth-order valence-electron chi connectivity index (χ4n) is 3.98. The molecule has 0 aliphatic carbocycles. The van der Waals surface area contributed by atoms with Crippen LogP contribution >= 0.6 is 11.6 Å². The first kappa shape index (κ1) is 21.2. The summed E-state index contributed by atoms with van der Waals surface area (Å²) in [5.74, 6) is 0.367. The second kappa shape index (κ2) is 9.31. The molecule has 2 amide bonds. The molecule has 0 spiro atoms. The molecule has 3 rings (SSSR count). The van der Waals surface area contributed by atoms with Gasteiger partial charge in [0.05, 0.1) is 23.6 Å². The van der Waals surface area contributed by atoms with Gasteiger partial charge in [0.25, 0.3) is 5.91 Å². The van der Waals surface area contributed by atoms with Crippen molar-refractivity contribution in [1.82, 2.24) is 9.80 Å². The van der Waals surface area contributed by atoms with E-state index in [4.69, 9.17) is 16.3 Å². The van der Waals surface area contributed by atoms with E-state index in [2.05, 4.69) is 0 Å². The van der Waals surface area contributed by atoms with E-state index in [9.17, 15) is 9.59 Å². The Bertz CT molecular complexity index is 865. The number of carbonyl (C=O) groups is 2. The number of likely N-dealkylation sites (tertiary alicyclic amines) is 1. The molecule has 2 aromatic rings. The van der Waals surface area contributed by atoms with Crippen molar-refractivity contribution in [3.8, 4) is 5.75 Å². The van der Waals surface area contributed by atoms with Crippen LogP contribution in [0.1, 0.15) is 35.7 Å². The summed E-state index contributed by atoms with van der Waals surface area (Å²) in [6, 6.07) is 14.8. The summed E-state index contributed by atoms with van der Waals surface area (Å²) < 4.78 is 5.26. The minimum Gasteiger partial charge on any atom is -0.497 e. The van der Waals surface area contributed by atoms with Crippen LogP contribution in [0.5, 0.6) is 5.75 Å². The molecule has 0 bridgehead atoms. The maximum Gasteiger partial charge on any atom is 0.255 e. The number of hydrogen-bond donors (Lipinski definition) is 0. The second-order valence-corrected chi connectivity index (χ2v) is 7.59. The zero-order valence-electron chi connectivity index (χ0n) is 17.1. The van der Waals surface area contributed by atoms with Gasteiger partial charge in [-0.3, -0.25) is 9.59 Å². The van der Waals surface area contributed by atoms with E-state index in [0.717, 1.165) is 11.3 Å². The quantitative estimate of drug-likeness (QED) is 0.715. The van der Waals surface area contributed by atoms with Crippen molar-refractivity contribution < 1.29 is 14.3 Å². The van der Waals surface area contributed by atoms with Gasteiger partial charge in [-0.1, -0.05) is 35.9 Å². The summed E-state index contributed by atoms with van der Waals surface area (Å²) in [5.41, 5.74) is 1.50. The molecule has 6 heteroatoms. The third-order valence-corrected chi connectivity index (χ3v) is 5.98. The van der Waals surface area contributed by atoms with Crippen LogP contribution < -0.4 is 4.74 Å². The largest absolute Gasteiger partial charge is 0.497 e. The van der Waals surface area contributed by atoms with E-state index in [0.29, 0.717) is 36.8 Å². The van der Waals surface area contributed by atoms with Gasteiger partial charge < -0.3 is 14.5 Å². The topological polar surface area (TPSA) is 49.9 Å². The van der Waals surface area contributed by atoms with E-state index in [1.54, 1.807) is 36.3 Å². The van der Waals surface area contributed by atoms with Crippen LogP contribution in [0.3, 0.4) is 0 Å². The first-order valence-corrected chi connectivity index (χ1v) is 10.3. The summed E-state index contributed by atoms with van der Waals surface area (Å²) >= 11 is 6.24. The maximum atomic E-state index is 13.2. The highest BCUT2D eigenvalue weighted by Crippen LogP contribution is 2.36. The highest BCUT2D eigenvalue weighted by molar-refractivity contribution is 6.33. The van der Waals surface area contributed by atoms with Crippen LogP contribution in [0.4, 0.5) is 0 Å². The van der Waals surface area contributed by atoms with Crippen LogP contribution in [0.2, 0.25) is 5.02 Å². The normalized spacial score (nSPS) is 18.6. The molecule has 5 nitrogen and oxygen atoms in total. The number of hydrogen-bond acceptors (Lipinski definition) is 3. The third kappa shape index (κ3) is 4.40. The van der Waals surface area contributed by atoms with Gasteiger partial charge >= 0.3 is 0 Å². The SMILES string of the molecule is CCN(CC)C(=O)[C@@H]1CN(C(=O)c2ccccc2Cl)C[C@H]1c1ccc(OC)cc1. The monoisotopic (exact) mass is 414 g/mol. The van der Waals surface area contributed by atoms with Gasteiger partial charge in [0.1, 0.15) is 5.75 Å². The van der Waals surface area contributed by atoms with Crippen molar-refractivity contribution in [3.63, 3.8) is 0 Å². The Balaban J connectivity index is 1.91. The molecule has 0 aromatic heterocycles. The Labute approximate surface area is 177 Å². The van der Waals surface area contributed by atoms with Crippen molar-refractivity contribution in [2.24, 2.45) is 5.92 Å². The van der Waals surface area contributed by atoms with Gasteiger partial charge in [-0.15, -0.1) is 0 Å². The fourth-order valence-corrected chi connectivity index (χ4v) is 4.20. The second-order valence-electron chi connectivity index (χ2n) is 7.19. The molecular weight excluding hydrogens is 388 g/mol. The van der Waals surface area contributed by atoms with E-state index < -0.39 is 0 Å². The van der Waals surface area contributed by atoms with E-state index >= 15 is 0 Å². The third-order valence-electron chi connectivity index (χ3n) is 5.65. The average Bonchev–Trinajstić information content (AvgIpc) is 3.20. The standard InChI is InChI=1S/C23H27ClN2O3/c1-4-25(5-2)23(28)20-15-26(22(27)18-8-6-7-9-21(18)24)14-19(20)16-10-12-17(29-3)13-11-16/h6-13,19-20H,4-5,14-15H2,1-3H3/t19-,20+/m0/s1. The van der Waals surface area contributed by atoms with Crippen LogP contribution in [-0.2, 0) is 4.79 Å². The molecule has 154 valence electrons. The summed E-state index contributed by atoms with van der Waals surface area (Å²) in [4.78, 5) is 29.9. The minimum absolute atomic E-state index is 0.0690. The number of nitrogens with zero attached hydrogens (tertiary/aromatic N) is 2. The van der Waals surface area contributed by atoms with Crippen LogP contribution in [0, 0.1) is 5.92 Å². The zero-order chi connectivity index (χ0) is 21.0. The number of ether oxygens (including phenoxy) is 1. The van der Waals surface area contributed by atoms with E-state index in [1.807, 2.05) is 43.0 Å². The van der Waals surface area contributed by atoms with Gasteiger partial charge in [0.15, 0.2) is 0 Å². The van der Waals surface area contributed by atoms with Gasteiger partial charge in [0, 0.05) is 32.1 Å². The Kier molecular flexibility index (Phi) is 6.80. The van der Waals surface area contributed by atoms with Crippen molar-refractivity contribution in [1.29, 1.82) is 0 Å². The van der Waals surface area contributed by atoms with Crippen molar-refractivity contribution in [3.05, 3.63) is 64.7 Å². The fraction of sp³-hybridized carbons (Fsp3) is 0.391. The first-order valence-electron chi connectivity index (χ1n) is 9.96. The highest BCUT2D eigenvalue weighted by Gasteiger charge is 2.42. The lowest BCUT2D eigenvalue weighted by molar-refractivity contribution is -0.135. The summed E-state index contributed by atoms with van der Waals surface area (Å²) in [6.07, 6.45) is 0. The maximum absolute atomic E-state index is 13.2. The molecule has 0 radical (unpaired) electrons. The molecule has 1 fully saturated rings. The lowest BCUT2D eigenvalue weighted by Gasteiger charge is -2.25. The molecule has 0 N–H and O–H groups in total. The minimum atomic E-state index is -0.283. The Morgan fingerprint density at radius 2 is 1.72 bits per heavy atom. The molecule has 2 aromatic carbocycles. The predicted octanol–water partition coefficient (Wildman–Crippen LogP) is 4.07. The summed E-state index contributed by atoms with van der Waals surface area (Å²) in [7, 11) is 1.63. The van der Waals surface area contributed by atoms with Gasteiger partial charge in [-0.2, -0.15) is 0 Å². The number of halogens is 1. The molecule has 1 saturated heterocycles. The Morgan fingerprint density at radius 3 is 2.31 bits per heavy atom. The van der Waals surface area contributed by atoms with Crippen molar-refractivity contribution in [2.45, 2.75) is 19.8 Å². The molecule has 2 atom stereocenters. The average molecular weight is 415 g/mol. The van der Waals surface area contributed by atoms with Crippen molar-refractivity contribution >= 4 is 23.4 Å². The number of methoxy groups -OCH3 is 1. The number of amides is 2. The van der Waals surface area contributed by atoms with Crippen molar-refractivity contribution in [2.75, 3.05) is 33.3 Å². The number of carbonyl (C=O) groups excluding carboxylic acids is 2. The van der Waals surface area contributed by atoms with Crippen LogP contribution in [0.15, 0.2) is 48.5 Å². The van der Waals surface area contributed by atoms with Gasteiger partial charge in [-0.25, -0.2) is 0 Å². The first-order chi connectivity index (χ1) is 14.0. The molecular formula is C23H27ClN2O3. The highest BCUT2D eigenvalue weighted by atomic mass is 35.5. The Morgan fingerprint density at radius 1 is 1.07 bits per heavy atom. The molecule has 1 aliphatic heterocycles. The van der Waals surface area contributed by atoms with Crippen LogP contribution in [0.25, 0.3) is 0 Å². The van der Waals surface area contributed by atoms with Gasteiger partial charge in [0.2, 0.25) is 5.91 Å². The predicted molar refractivity (Wildman–Crippen MR) is 115 cm³/mol.